The normalized spacial score (nSPS) is 13.4. The third-order valence-corrected chi connectivity index (χ3v) is 3.01. The Labute approximate surface area is 95.5 Å². The highest BCUT2D eigenvalue weighted by molar-refractivity contribution is 5.75. The lowest BCUT2D eigenvalue weighted by atomic mass is 9.99. The maximum atomic E-state index is 4.43. The molecule has 78 valence electrons. The molecule has 1 heterocycles. The summed E-state index contributed by atoms with van der Waals surface area (Å²) in [7, 11) is 0. The number of nitrogens with zero attached hydrogens (tertiary/aromatic N) is 1. The molecule has 1 nitrogen and oxygen atoms in total. The molecular weight excluding hydrogens is 194 g/mol. The molecule has 0 N–H and O–H groups in total. The Balaban J connectivity index is 2.16. The maximum Gasteiger partial charge on any atom is 0.0705 e. The van der Waals surface area contributed by atoms with Crippen molar-refractivity contribution in [3.63, 3.8) is 0 Å². The molecule has 1 heteroatoms. The maximum absolute atomic E-state index is 4.43. The van der Waals surface area contributed by atoms with Crippen molar-refractivity contribution < 1.29 is 0 Å². The van der Waals surface area contributed by atoms with Crippen molar-refractivity contribution in [3.05, 3.63) is 59.3 Å². The Morgan fingerprint density at radius 1 is 1.06 bits per heavy atom. The van der Waals surface area contributed by atoms with E-state index in [0.29, 0.717) is 0 Å². The number of aromatic nitrogens is 1. The summed E-state index contributed by atoms with van der Waals surface area (Å²) in [5, 5.41) is 0. The Bertz CT molecular complexity index is 553. The van der Waals surface area contributed by atoms with Gasteiger partial charge in [0.15, 0.2) is 0 Å². The molecule has 0 amide bonds. The summed E-state index contributed by atoms with van der Waals surface area (Å²) in [5.74, 6) is 0. The van der Waals surface area contributed by atoms with E-state index in [2.05, 4.69) is 42.2 Å². The molecule has 0 spiro atoms. The molecule has 0 bridgehead atoms. The van der Waals surface area contributed by atoms with Crippen molar-refractivity contribution in [1.29, 1.82) is 0 Å². The SMILES string of the molecule is CC1=Cc2cccc(-c3ccccn3)c2C1. The van der Waals surface area contributed by atoms with Gasteiger partial charge in [-0.3, -0.25) is 4.98 Å². The number of pyridine rings is 1. The average Bonchev–Trinajstić information content (AvgIpc) is 2.70. The topological polar surface area (TPSA) is 12.9 Å². The van der Waals surface area contributed by atoms with E-state index < -0.39 is 0 Å². The Morgan fingerprint density at radius 2 is 2.00 bits per heavy atom. The van der Waals surface area contributed by atoms with Crippen LogP contribution in [0.1, 0.15) is 18.1 Å². The van der Waals surface area contributed by atoms with Crippen LogP contribution in [0.2, 0.25) is 0 Å². The van der Waals surface area contributed by atoms with E-state index in [0.717, 1.165) is 12.1 Å². The summed E-state index contributed by atoms with van der Waals surface area (Å²) in [6.45, 7) is 2.18. The van der Waals surface area contributed by atoms with Crippen molar-refractivity contribution in [3.8, 4) is 11.3 Å². The minimum Gasteiger partial charge on any atom is -0.256 e. The smallest absolute Gasteiger partial charge is 0.0705 e. The summed E-state index contributed by atoms with van der Waals surface area (Å²) in [5.41, 5.74) is 6.53. The third kappa shape index (κ3) is 1.45. The number of allylic oxidation sites excluding steroid dienone is 1. The van der Waals surface area contributed by atoms with Crippen molar-refractivity contribution in [2.75, 3.05) is 0 Å². The van der Waals surface area contributed by atoms with Gasteiger partial charge in [-0.15, -0.1) is 0 Å². The molecule has 3 rings (SSSR count). The number of rotatable bonds is 1. The predicted molar refractivity (Wildman–Crippen MR) is 67.0 cm³/mol. The van der Waals surface area contributed by atoms with Crippen molar-refractivity contribution in [2.24, 2.45) is 0 Å². The molecule has 0 radical (unpaired) electrons. The Morgan fingerprint density at radius 3 is 2.81 bits per heavy atom. The van der Waals surface area contributed by atoms with Crippen LogP contribution >= 0.6 is 0 Å². The quantitative estimate of drug-likeness (QED) is 0.694. The second-order valence-corrected chi connectivity index (χ2v) is 4.26. The van der Waals surface area contributed by atoms with E-state index in [1.165, 1.54) is 22.3 Å². The van der Waals surface area contributed by atoms with Gasteiger partial charge >= 0.3 is 0 Å². The molecule has 1 aliphatic carbocycles. The van der Waals surface area contributed by atoms with Crippen molar-refractivity contribution in [1.82, 2.24) is 4.98 Å². The molecule has 1 aromatic carbocycles. The Hall–Kier alpha value is -1.89. The summed E-state index contributed by atoms with van der Waals surface area (Å²) >= 11 is 0. The van der Waals surface area contributed by atoms with Crippen LogP contribution in [0.25, 0.3) is 17.3 Å². The molecule has 2 aromatic rings. The van der Waals surface area contributed by atoms with Crippen molar-refractivity contribution in [2.45, 2.75) is 13.3 Å². The lowest BCUT2D eigenvalue weighted by Crippen LogP contribution is -1.91. The van der Waals surface area contributed by atoms with Crippen LogP contribution < -0.4 is 0 Å². The minimum atomic E-state index is 1.06. The largest absolute Gasteiger partial charge is 0.256 e. The highest BCUT2D eigenvalue weighted by Crippen LogP contribution is 2.32. The van der Waals surface area contributed by atoms with Crippen LogP contribution in [-0.4, -0.2) is 4.98 Å². The van der Waals surface area contributed by atoms with Gasteiger partial charge < -0.3 is 0 Å². The molecule has 0 fully saturated rings. The molecule has 16 heavy (non-hydrogen) atoms. The van der Waals surface area contributed by atoms with E-state index >= 15 is 0 Å². The van der Waals surface area contributed by atoms with Gasteiger partial charge in [0.1, 0.15) is 0 Å². The zero-order chi connectivity index (χ0) is 11.0. The van der Waals surface area contributed by atoms with Crippen LogP contribution in [0.15, 0.2) is 48.2 Å². The van der Waals surface area contributed by atoms with Gasteiger partial charge in [-0.2, -0.15) is 0 Å². The summed E-state index contributed by atoms with van der Waals surface area (Å²) in [6.07, 6.45) is 5.17. The summed E-state index contributed by atoms with van der Waals surface area (Å²) in [6, 6.07) is 12.5. The fourth-order valence-electron chi connectivity index (χ4n) is 2.29. The van der Waals surface area contributed by atoms with Gasteiger partial charge in [0.2, 0.25) is 0 Å². The van der Waals surface area contributed by atoms with E-state index in [9.17, 15) is 0 Å². The zero-order valence-corrected chi connectivity index (χ0v) is 9.27. The number of hydrogen-bond donors (Lipinski definition) is 0. The van der Waals surface area contributed by atoms with Crippen LogP contribution in [0.4, 0.5) is 0 Å². The lowest BCUT2D eigenvalue weighted by Gasteiger charge is -2.07. The van der Waals surface area contributed by atoms with E-state index in [4.69, 9.17) is 0 Å². The summed E-state index contributed by atoms with van der Waals surface area (Å²) in [4.78, 5) is 4.43. The zero-order valence-electron chi connectivity index (χ0n) is 9.27. The van der Waals surface area contributed by atoms with Crippen LogP contribution in [-0.2, 0) is 6.42 Å². The first-order valence-electron chi connectivity index (χ1n) is 5.55. The second kappa shape index (κ2) is 3.60. The van der Waals surface area contributed by atoms with E-state index in [-0.39, 0.29) is 0 Å². The van der Waals surface area contributed by atoms with Crippen molar-refractivity contribution >= 4 is 6.08 Å². The number of benzene rings is 1. The number of hydrogen-bond acceptors (Lipinski definition) is 1. The van der Waals surface area contributed by atoms with Crippen LogP contribution in [0.3, 0.4) is 0 Å². The van der Waals surface area contributed by atoms with Gasteiger partial charge in [-0.25, -0.2) is 0 Å². The molecule has 0 saturated carbocycles. The predicted octanol–water partition coefficient (Wildman–Crippen LogP) is 3.71. The molecule has 0 saturated heterocycles. The minimum absolute atomic E-state index is 1.06. The first-order valence-corrected chi connectivity index (χ1v) is 5.55. The van der Waals surface area contributed by atoms with Gasteiger partial charge in [-0.1, -0.05) is 35.9 Å². The highest BCUT2D eigenvalue weighted by atomic mass is 14.7. The fraction of sp³-hybridized carbons (Fsp3) is 0.133. The van der Waals surface area contributed by atoms with E-state index in [1.807, 2.05) is 18.3 Å². The highest BCUT2D eigenvalue weighted by Gasteiger charge is 2.14. The fourth-order valence-corrected chi connectivity index (χ4v) is 2.29. The van der Waals surface area contributed by atoms with Gasteiger partial charge in [-0.05, 0) is 36.6 Å². The first-order chi connectivity index (χ1) is 7.84. The van der Waals surface area contributed by atoms with Crippen LogP contribution in [0, 0.1) is 0 Å². The Kier molecular flexibility index (Phi) is 2.10. The first kappa shape index (κ1) is 9.34. The van der Waals surface area contributed by atoms with Gasteiger partial charge in [0, 0.05) is 11.8 Å². The molecule has 0 aliphatic heterocycles. The van der Waals surface area contributed by atoms with Crippen LogP contribution in [0.5, 0.6) is 0 Å². The molecule has 1 aliphatic rings. The van der Waals surface area contributed by atoms with Gasteiger partial charge in [0.05, 0.1) is 5.69 Å². The van der Waals surface area contributed by atoms with Gasteiger partial charge in [0.25, 0.3) is 0 Å². The lowest BCUT2D eigenvalue weighted by molar-refractivity contribution is 1.18. The molecule has 0 atom stereocenters. The average molecular weight is 207 g/mol. The monoisotopic (exact) mass is 207 g/mol. The molecule has 0 unspecified atom stereocenters. The molecular formula is C15H13N. The standard InChI is InChI=1S/C15H13N/c1-11-9-12-5-4-6-13(14(12)10-11)15-7-2-3-8-16-15/h2-9H,10H2,1H3. The van der Waals surface area contributed by atoms with E-state index in [1.54, 1.807) is 0 Å². The third-order valence-electron chi connectivity index (χ3n) is 3.01. The molecule has 1 aromatic heterocycles. The second-order valence-electron chi connectivity index (χ2n) is 4.26. The number of fused-ring (bicyclic) bond motifs is 1. The summed E-state index contributed by atoms with van der Waals surface area (Å²) < 4.78 is 0.